The van der Waals surface area contributed by atoms with E-state index in [1.54, 1.807) is 11.9 Å². The molecular weight excluding hydrogens is 202 g/mol. The first-order chi connectivity index (χ1) is 7.00. The summed E-state index contributed by atoms with van der Waals surface area (Å²) in [6, 6.07) is 0. The van der Waals surface area contributed by atoms with Gasteiger partial charge in [-0.1, -0.05) is 27.7 Å². The number of hydrogen-bond donors (Lipinski definition) is 1. The number of hydrogen-bond acceptors (Lipinski definition) is 2. The van der Waals surface area contributed by atoms with E-state index in [1.807, 2.05) is 13.8 Å². The van der Waals surface area contributed by atoms with Crippen molar-refractivity contribution in [1.29, 1.82) is 0 Å². The highest BCUT2D eigenvalue weighted by atomic mass is 16.3. The van der Waals surface area contributed by atoms with E-state index in [2.05, 4.69) is 27.7 Å². The van der Waals surface area contributed by atoms with Crippen LogP contribution in [0.25, 0.3) is 0 Å². The second kappa shape index (κ2) is 3.46. The van der Waals surface area contributed by atoms with E-state index in [0.29, 0.717) is 0 Å². The molecule has 1 aliphatic carbocycles. The molecule has 0 bridgehead atoms. The van der Waals surface area contributed by atoms with Crippen LogP contribution in [0.5, 0.6) is 0 Å². The number of aliphatic hydroxyl groups excluding tert-OH is 1. The molecule has 3 heteroatoms. The summed E-state index contributed by atoms with van der Waals surface area (Å²) in [5.74, 6) is 0.213. The number of nitrogens with zero attached hydrogens (tertiary/aromatic N) is 1. The van der Waals surface area contributed by atoms with Gasteiger partial charge in [0.15, 0.2) is 0 Å². The van der Waals surface area contributed by atoms with Crippen molar-refractivity contribution in [3.05, 3.63) is 0 Å². The normalized spacial score (nSPS) is 23.0. The molecule has 0 spiro atoms. The molecule has 0 heterocycles. The van der Waals surface area contributed by atoms with Crippen LogP contribution >= 0.6 is 0 Å². The summed E-state index contributed by atoms with van der Waals surface area (Å²) in [7, 11) is 1.78. The van der Waals surface area contributed by atoms with Crippen molar-refractivity contribution in [2.75, 3.05) is 13.7 Å². The molecule has 1 rings (SSSR count). The van der Waals surface area contributed by atoms with Gasteiger partial charge in [0, 0.05) is 13.0 Å². The zero-order valence-electron chi connectivity index (χ0n) is 11.6. The van der Waals surface area contributed by atoms with E-state index in [4.69, 9.17) is 0 Å². The lowest BCUT2D eigenvalue weighted by Gasteiger charge is -2.34. The average Bonchev–Trinajstić information content (AvgIpc) is 2.55. The van der Waals surface area contributed by atoms with Gasteiger partial charge in [0.25, 0.3) is 0 Å². The molecule has 1 amide bonds. The monoisotopic (exact) mass is 227 g/mol. The third kappa shape index (κ3) is 1.65. The van der Waals surface area contributed by atoms with Gasteiger partial charge in [-0.15, -0.1) is 0 Å². The highest BCUT2D eigenvalue weighted by Crippen LogP contribution is 2.68. The van der Waals surface area contributed by atoms with Crippen molar-refractivity contribution in [3.8, 4) is 0 Å². The molecule has 0 saturated heterocycles. The molecule has 1 N–H and O–H groups in total. The number of aliphatic hydroxyl groups is 1. The molecule has 0 aromatic carbocycles. The van der Waals surface area contributed by atoms with Gasteiger partial charge in [0.1, 0.15) is 0 Å². The van der Waals surface area contributed by atoms with E-state index in [-0.39, 0.29) is 29.3 Å². The minimum atomic E-state index is -0.480. The lowest BCUT2D eigenvalue weighted by atomic mass is 10.0. The van der Waals surface area contributed by atoms with E-state index in [9.17, 15) is 9.90 Å². The number of carbonyl (C=O) groups excluding carboxylic acids is 1. The summed E-state index contributed by atoms with van der Waals surface area (Å²) in [6.07, 6.45) is 0. The Labute approximate surface area is 98.8 Å². The smallest absolute Gasteiger partial charge is 0.227 e. The van der Waals surface area contributed by atoms with Gasteiger partial charge in [0.05, 0.1) is 12.1 Å². The Morgan fingerprint density at radius 1 is 1.25 bits per heavy atom. The van der Waals surface area contributed by atoms with Gasteiger partial charge in [0.2, 0.25) is 5.91 Å². The van der Waals surface area contributed by atoms with Gasteiger partial charge >= 0.3 is 0 Å². The van der Waals surface area contributed by atoms with Crippen molar-refractivity contribution >= 4 is 5.91 Å². The topological polar surface area (TPSA) is 40.5 Å². The Morgan fingerprint density at radius 3 is 1.88 bits per heavy atom. The second-order valence-corrected chi connectivity index (χ2v) is 6.74. The molecule has 1 fully saturated rings. The Morgan fingerprint density at radius 2 is 1.62 bits per heavy atom. The largest absolute Gasteiger partial charge is 0.394 e. The summed E-state index contributed by atoms with van der Waals surface area (Å²) in [5.41, 5.74) is -0.362. The third-order valence-corrected chi connectivity index (χ3v) is 4.89. The van der Waals surface area contributed by atoms with E-state index < -0.39 is 5.54 Å². The Balaban J connectivity index is 2.83. The highest BCUT2D eigenvalue weighted by Gasteiger charge is 2.69. The summed E-state index contributed by atoms with van der Waals surface area (Å²) < 4.78 is 0. The van der Waals surface area contributed by atoms with Crippen LogP contribution in [-0.4, -0.2) is 35.1 Å². The Hall–Kier alpha value is -0.570. The van der Waals surface area contributed by atoms with Gasteiger partial charge < -0.3 is 10.0 Å². The Kier molecular flexibility index (Phi) is 2.92. The fraction of sp³-hybridized carbons (Fsp3) is 0.923. The maximum atomic E-state index is 12.4. The SMILES string of the molecule is CN(C(=O)C1C(C)(C)C1(C)C)C(C)(C)CO. The lowest BCUT2D eigenvalue weighted by molar-refractivity contribution is -0.138. The van der Waals surface area contributed by atoms with Crippen LogP contribution in [0.2, 0.25) is 0 Å². The van der Waals surface area contributed by atoms with Gasteiger partial charge in [-0.25, -0.2) is 0 Å². The molecule has 0 aromatic rings. The van der Waals surface area contributed by atoms with Crippen LogP contribution < -0.4 is 0 Å². The van der Waals surface area contributed by atoms with Crippen molar-refractivity contribution in [2.45, 2.75) is 47.1 Å². The van der Waals surface area contributed by atoms with Crippen LogP contribution in [0.1, 0.15) is 41.5 Å². The first kappa shape index (κ1) is 13.5. The predicted octanol–water partition coefficient (Wildman–Crippen LogP) is 1.90. The van der Waals surface area contributed by atoms with Crippen molar-refractivity contribution in [3.63, 3.8) is 0 Å². The van der Waals surface area contributed by atoms with Crippen LogP contribution in [-0.2, 0) is 4.79 Å². The van der Waals surface area contributed by atoms with Gasteiger partial charge in [-0.3, -0.25) is 4.79 Å². The predicted molar refractivity (Wildman–Crippen MR) is 65.0 cm³/mol. The molecule has 16 heavy (non-hydrogen) atoms. The van der Waals surface area contributed by atoms with Crippen LogP contribution in [0, 0.1) is 16.7 Å². The second-order valence-electron chi connectivity index (χ2n) is 6.74. The van der Waals surface area contributed by atoms with Gasteiger partial charge in [-0.05, 0) is 24.7 Å². The minimum absolute atomic E-state index is 0.0111. The fourth-order valence-corrected chi connectivity index (χ4v) is 2.41. The Bertz CT molecular complexity index is 291. The quantitative estimate of drug-likeness (QED) is 0.800. The first-order valence-electron chi connectivity index (χ1n) is 5.88. The molecule has 0 atom stereocenters. The van der Waals surface area contributed by atoms with E-state index in [0.717, 1.165) is 0 Å². The minimum Gasteiger partial charge on any atom is -0.394 e. The summed E-state index contributed by atoms with van der Waals surface area (Å²) in [6.45, 7) is 12.3. The molecule has 0 unspecified atom stereocenters. The van der Waals surface area contributed by atoms with Crippen molar-refractivity contribution in [2.24, 2.45) is 16.7 Å². The molecule has 0 aromatic heterocycles. The maximum Gasteiger partial charge on any atom is 0.227 e. The van der Waals surface area contributed by atoms with Crippen molar-refractivity contribution in [1.82, 2.24) is 4.90 Å². The summed E-state index contributed by atoms with van der Waals surface area (Å²) in [5, 5.41) is 9.28. The molecular formula is C13H25NO2. The highest BCUT2D eigenvalue weighted by molar-refractivity contribution is 5.84. The van der Waals surface area contributed by atoms with Crippen molar-refractivity contribution < 1.29 is 9.90 Å². The first-order valence-corrected chi connectivity index (χ1v) is 5.88. The summed E-state index contributed by atoms with van der Waals surface area (Å²) >= 11 is 0. The molecule has 1 saturated carbocycles. The molecule has 3 nitrogen and oxygen atoms in total. The maximum absolute atomic E-state index is 12.4. The van der Waals surface area contributed by atoms with E-state index >= 15 is 0 Å². The zero-order chi connectivity index (χ0) is 12.9. The zero-order valence-corrected chi connectivity index (χ0v) is 11.6. The number of likely N-dealkylation sites (N-methyl/N-ethyl adjacent to an activating group) is 1. The molecule has 0 aliphatic heterocycles. The molecule has 1 aliphatic rings. The molecule has 0 radical (unpaired) electrons. The number of carbonyl (C=O) groups is 1. The lowest BCUT2D eigenvalue weighted by Crippen LogP contribution is -2.48. The average molecular weight is 227 g/mol. The molecule has 94 valence electrons. The standard InChI is InChI=1S/C13H25NO2/c1-11(2,8-15)14(7)10(16)9-12(3,4)13(9,5)6/h9,15H,8H2,1-7H3. The number of amides is 1. The number of rotatable bonds is 3. The van der Waals surface area contributed by atoms with Crippen LogP contribution in [0.15, 0.2) is 0 Å². The van der Waals surface area contributed by atoms with E-state index in [1.165, 1.54) is 0 Å². The van der Waals surface area contributed by atoms with Crippen LogP contribution in [0.4, 0.5) is 0 Å². The fourth-order valence-electron chi connectivity index (χ4n) is 2.41. The van der Waals surface area contributed by atoms with Gasteiger partial charge in [-0.2, -0.15) is 0 Å². The summed E-state index contributed by atoms with van der Waals surface area (Å²) in [4.78, 5) is 14.0. The third-order valence-electron chi connectivity index (χ3n) is 4.89. The van der Waals surface area contributed by atoms with Crippen LogP contribution in [0.3, 0.4) is 0 Å².